The van der Waals surface area contributed by atoms with Crippen LogP contribution >= 0.6 is 9.47 Å². The van der Waals surface area contributed by atoms with Crippen molar-refractivity contribution in [3.8, 4) is 0 Å². The van der Waals surface area contributed by atoms with Crippen molar-refractivity contribution in [2.45, 2.75) is 25.4 Å². The van der Waals surface area contributed by atoms with Gasteiger partial charge in [-0.25, -0.2) is 0 Å². The Kier molecular flexibility index (Phi) is 4.13. The van der Waals surface area contributed by atoms with Crippen molar-refractivity contribution in [2.24, 2.45) is 0 Å². The molecule has 0 heterocycles. The van der Waals surface area contributed by atoms with Crippen molar-refractivity contribution in [3.05, 3.63) is 0 Å². The van der Waals surface area contributed by atoms with E-state index in [2.05, 4.69) is 4.52 Å². The van der Waals surface area contributed by atoms with E-state index >= 15 is 0 Å². The second kappa shape index (κ2) is 4.38. The van der Waals surface area contributed by atoms with Crippen LogP contribution in [0, 0.1) is 0 Å². The monoisotopic (exact) mass is 194 g/mol. The molecule has 0 aromatic rings. The first-order chi connectivity index (χ1) is 5.37. The minimum Gasteiger partial charge on any atom is -0.481 e. The summed E-state index contributed by atoms with van der Waals surface area (Å²) < 4.78 is 4.19. The van der Waals surface area contributed by atoms with E-state index in [0.717, 1.165) is 0 Å². The molecule has 12 heavy (non-hydrogen) atoms. The van der Waals surface area contributed by atoms with Gasteiger partial charge in [0, 0.05) is 0 Å². The fourth-order valence-electron chi connectivity index (χ4n) is 0.741. The SMILES string of the molecule is C[C@](O)(CC(=O)O)CC(=O)OP. The highest BCUT2D eigenvalue weighted by atomic mass is 31.0. The zero-order chi connectivity index (χ0) is 9.78. The van der Waals surface area contributed by atoms with Gasteiger partial charge >= 0.3 is 11.9 Å². The molecule has 0 aliphatic rings. The maximum Gasteiger partial charge on any atom is 0.310 e. The molecule has 0 rings (SSSR count). The third kappa shape index (κ3) is 5.04. The zero-order valence-electron chi connectivity index (χ0n) is 6.61. The van der Waals surface area contributed by atoms with E-state index < -0.39 is 24.0 Å². The van der Waals surface area contributed by atoms with Crippen LogP contribution in [0.2, 0.25) is 0 Å². The quantitative estimate of drug-likeness (QED) is 0.612. The van der Waals surface area contributed by atoms with Crippen LogP contribution in [-0.4, -0.2) is 27.8 Å². The molecule has 0 saturated heterocycles. The van der Waals surface area contributed by atoms with Crippen molar-refractivity contribution in [3.63, 3.8) is 0 Å². The molecule has 0 amide bonds. The van der Waals surface area contributed by atoms with Crippen LogP contribution < -0.4 is 0 Å². The first-order valence-corrected chi connectivity index (χ1v) is 3.68. The Morgan fingerprint density at radius 2 is 2.00 bits per heavy atom. The first kappa shape index (κ1) is 11.3. The second-order valence-electron chi connectivity index (χ2n) is 2.73. The van der Waals surface area contributed by atoms with Crippen molar-refractivity contribution in [1.29, 1.82) is 0 Å². The summed E-state index contributed by atoms with van der Waals surface area (Å²) in [4.78, 5) is 20.8. The van der Waals surface area contributed by atoms with Crippen molar-refractivity contribution in [1.82, 2.24) is 0 Å². The van der Waals surface area contributed by atoms with Crippen LogP contribution in [0.5, 0.6) is 0 Å². The lowest BCUT2D eigenvalue weighted by Crippen LogP contribution is -2.30. The average molecular weight is 194 g/mol. The molecule has 0 radical (unpaired) electrons. The van der Waals surface area contributed by atoms with Gasteiger partial charge in [-0.3, -0.25) is 9.59 Å². The largest absolute Gasteiger partial charge is 0.481 e. The van der Waals surface area contributed by atoms with Gasteiger partial charge in [0.15, 0.2) is 0 Å². The molecule has 2 atom stereocenters. The van der Waals surface area contributed by atoms with Gasteiger partial charge in [0.25, 0.3) is 0 Å². The maximum absolute atomic E-state index is 10.6. The Morgan fingerprint density at radius 3 is 2.33 bits per heavy atom. The van der Waals surface area contributed by atoms with E-state index in [0.29, 0.717) is 0 Å². The summed E-state index contributed by atoms with van der Waals surface area (Å²) in [5.74, 6) is -1.82. The number of hydrogen-bond acceptors (Lipinski definition) is 4. The van der Waals surface area contributed by atoms with E-state index in [1.807, 2.05) is 0 Å². The molecule has 0 aromatic heterocycles. The number of hydrogen-bond donors (Lipinski definition) is 2. The fraction of sp³-hybridized carbons (Fsp3) is 0.667. The summed E-state index contributed by atoms with van der Waals surface area (Å²) in [7, 11) is 1.73. The molecule has 0 aromatic carbocycles. The number of aliphatic carboxylic acids is 1. The summed E-state index contributed by atoms with van der Waals surface area (Å²) >= 11 is 0. The summed E-state index contributed by atoms with van der Waals surface area (Å²) in [6, 6.07) is 0. The van der Waals surface area contributed by atoms with E-state index in [1.165, 1.54) is 6.92 Å². The van der Waals surface area contributed by atoms with Crippen molar-refractivity contribution >= 4 is 21.4 Å². The second-order valence-corrected chi connectivity index (χ2v) is 2.97. The smallest absolute Gasteiger partial charge is 0.310 e. The van der Waals surface area contributed by atoms with Crippen LogP contribution in [0.3, 0.4) is 0 Å². The third-order valence-corrected chi connectivity index (χ3v) is 1.45. The molecule has 70 valence electrons. The van der Waals surface area contributed by atoms with Crippen molar-refractivity contribution < 1.29 is 24.3 Å². The van der Waals surface area contributed by atoms with Crippen LogP contribution in [-0.2, 0) is 14.1 Å². The molecule has 2 N–H and O–H groups in total. The molecule has 0 bridgehead atoms. The topological polar surface area (TPSA) is 83.8 Å². The number of carbonyl (C=O) groups is 2. The number of carboxylic acid groups (broad SMARTS) is 1. The van der Waals surface area contributed by atoms with E-state index in [1.54, 1.807) is 9.47 Å². The van der Waals surface area contributed by atoms with Gasteiger partial charge in [-0.2, -0.15) is 0 Å². The van der Waals surface area contributed by atoms with E-state index in [4.69, 9.17) is 5.11 Å². The molecule has 6 heteroatoms. The Hall–Kier alpha value is -0.670. The number of aliphatic hydroxyl groups is 1. The van der Waals surface area contributed by atoms with E-state index in [-0.39, 0.29) is 6.42 Å². The predicted molar refractivity (Wildman–Crippen MR) is 43.3 cm³/mol. The van der Waals surface area contributed by atoms with Crippen LogP contribution in [0.25, 0.3) is 0 Å². The van der Waals surface area contributed by atoms with Gasteiger partial charge < -0.3 is 14.7 Å². The molecule has 0 fully saturated rings. The maximum atomic E-state index is 10.6. The predicted octanol–water partition coefficient (Wildman–Crippen LogP) is -0.0645. The molecule has 0 saturated carbocycles. The lowest BCUT2D eigenvalue weighted by molar-refractivity contribution is -0.145. The van der Waals surface area contributed by atoms with Crippen molar-refractivity contribution in [2.75, 3.05) is 0 Å². The molecular formula is C6H11O5P. The Morgan fingerprint density at radius 1 is 1.50 bits per heavy atom. The number of rotatable bonds is 4. The highest BCUT2D eigenvalue weighted by molar-refractivity contribution is 7.10. The minimum absolute atomic E-state index is 0.331. The van der Waals surface area contributed by atoms with E-state index in [9.17, 15) is 14.7 Å². The summed E-state index contributed by atoms with van der Waals surface area (Å²) in [6.45, 7) is 1.27. The third-order valence-electron chi connectivity index (χ3n) is 1.19. The number of carbonyl (C=O) groups excluding carboxylic acids is 1. The average Bonchev–Trinajstić information content (AvgIpc) is 1.83. The zero-order valence-corrected chi connectivity index (χ0v) is 7.77. The van der Waals surface area contributed by atoms with Crippen LogP contribution in [0.15, 0.2) is 0 Å². The molecule has 0 aliphatic heterocycles. The van der Waals surface area contributed by atoms with Crippen LogP contribution in [0.4, 0.5) is 0 Å². The normalized spacial score (nSPS) is 14.9. The summed E-state index contributed by atoms with van der Waals surface area (Å²) in [5, 5.41) is 17.6. The highest BCUT2D eigenvalue weighted by Gasteiger charge is 2.27. The Bertz CT molecular complexity index is 188. The highest BCUT2D eigenvalue weighted by Crippen LogP contribution is 2.15. The lowest BCUT2D eigenvalue weighted by Gasteiger charge is -2.18. The molecule has 0 aliphatic carbocycles. The molecular weight excluding hydrogens is 183 g/mol. The van der Waals surface area contributed by atoms with Gasteiger partial charge in [-0.15, -0.1) is 0 Å². The summed E-state index contributed by atoms with van der Waals surface area (Å²) in [6.07, 6.45) is -0.810. The lowest BCUT2D eigenvalue weighted by atomic mass is 9.99. The summed E-state index contributed by atoms with van der Waals surface area (Å²) in [5.41, 5.74) is -1.54. The Labute approximate surface area is 72.0 Å². The van der Waals surface area contributed by atoms with Gasteiger partial charge in [-0.1, -0.05) is 0 Å². The fourth-order valence-corrected chi connectivity index (χ4v) is 0.824. The molecule has 1 unspecified atom stereocenters. The van der Waals surface area contributed by atoms with Gasteiger partial charge in [-0.05, 0) is 6.92 Å². The number of carboxylic acids is 1. The van der Waals surface area contributed by atoms with Crippen LogP contribution in [0.1, 0.15) is 19.8 Å². The van der Waals surface area contributed by atoms with Gasteiger partial charge in [0.2, 0.25) is 0 Å². The molecule has 0 spiro atoms. The molecule has 5 nitrogen and oxygen atoms in total. The minimum atomic E-state index is -1.54. The first-order valence-electron chi connectivity index (χ1n) is 3.21. The standard InChI is InChI=1S/C6H11O5P/c1-6(10,2-4(7)8)3-5(9)11-12/h10H,2-3,12H2,1H3,(H,7,8)/t6-/m0/s1. The Balaban J connectivity index is 4.03. The van der Waals surface area contributed by atoms with Gasteiger partial charge in [0.05, 0.1) is 27.9 Å². The van der Waals surface area contributed by atoms with Gasteiger partial charge in [0.1, 0.15) is 0 Å².